The molecule has 0 aromatic heterocycles. The van der Waals surface area contributed by atoms with Gasteiger partial charge in [-0.05, 0) is 6.92 Å². The lowest BCUT2D eigenvalue weighted by atomic mass is 9.54. The Hall–Kier alpha value is -1.96. The zero-order valence-corrected chi connectivity index (χ0v) is 13.9. The van der Waals surface area contributed by atoms with Crippen LogP contribution in [-0.2, 0) is 19.1 Å². The normalized spacial score (nSPS) is 29.6. The third-order valence-corrected chi connectivity index (χ3v) is 4.93. The molecule has 1 aliphatic carbocycles. The fraction of sp³-hybridized carbons (Fsp3) is 0.733. The van der Waals surface area contributed by atoms with Crippen LogP contribution in [-0.4, -0.2) is 58.9 Å². The molecule has 23 heavy (non-hydrogen) atoms. The molecule has 2 N–H and O–H groups in total. The van der Waals surface area contributed by atoms with Crippen molar-refractivity contribution in [2.24, 2.45) is 10.5 Å². The smallest absolute Gasteiger partial charge is 0.330 e. The number of nitrogens with zero attached hydrogens (tertiary/aromatic N) is 2. The van der Waals surface area contributed by atoms with Crippen molar-refractivity contribution in [1.29, 1.82) is 0 Å². The van der Waals surface area contributed by atoms with Gasteiger partial charge in [0, 0.05) is 38.3 Å². The summed E-state index contributed by atoms with van der Waals surface area (Å²) in [5.41, 5.74) is -1.98. The van der Waals surface area contributed by atoms with E-state index in [2.05, 4.69) is 10.4 Å². The topological polar surface area (TPSA) is 108 Å². The van der Waals surface area contributed by atoms with Gasteiger partial charge in [-0.3, -0.25) is 9.59 Å². The van der Waals surface area contributed by atoms with E-state index in [1.165, 1.54) is 7.05 Å². The highest BCUT2D eigenvalue weighted by Gasteiger charge is 2.66. The Morgan fingerprint density at radius 1 is 1.43 bits per heavy atom. The molecule has 0 aromatic rings. The Morgan fingerprint density at radius 3 is 2.57 bits per heavy atom. The molecule has 8 heteroatoms. The van der Waals surface area contributed by atoms with Crippen LogP contribution in [0.4, 0.5) is 0 Å². The van der Waals surface area contributed by atoms with E-state index >= 15 is 0 Å². The minimum Gasteiger partial charge on any atom is -0.479 e. The molecule has 1 aliphatic heterocycles. The molecule has 1 saturated carbocycles. The number of ether oxygens (including phenoxy) is 1. The lowest BCUT2D eigenvalue weighted by molar-refractivity contribution is -0.193. The molecule has 0 aromatic carbocycles. The SMILES string of the molecule is CCOC1CC(NC(=O)C2=NN(C)C(=O)CC2)(C(=O)O)C1(C)C. The summed E-state index contributed by atoms with van der Waals surface area (Å²) >= 11 is 0. The number of hydrogen-bond acceptors (Lipinski definition) is 5. The third-order valence-electron chi connectivity index (χ3n) is 4.93. The van der Waals surface area contributed by atoms with Crippen LogP contribution in [0.5, 0.6) is 0 Å². The monoisotopic (exact) mass is 325 g/mol. The second-order valence-corrected chi connectivity index (χ2v) is 6.50. The van der Waals surface area contributed by atoms with E-state index < -0.39 is 22.8 Å². The first-order chi connectivity index (χ1) is 10.7. The van der Waals surface area contributed by atoms with Crippen LogP contribution in [0.3, 0.4) is 0 Å². The standard InChI is InChI=1S/C15H23N3O5/c1-5-23-10-8-15(13(21)22,14(10,2)3)16-12(20)9-6-7-11(19)18(4)17-9/h10H,5-8H2,1-4H3,(H,16,20)(H,21,22). The van der Waals surface area contributed by atoms with Gasteiger partial charge in [0.15, 0.2) is 0 Å². The molecular weight excluding hydrogens is 302 g/mol. The first kappa shape index (κ1) is 17.4. The van der Waals surface area contributed by atoms with Crippen LogP contribution in [0.2, 0.25) is 0 Å². The molecule has 1 fully saturated rings. The van der Waals surface area contributed by atoms with Crippen molar-refractivity contribution >= 4 is 23.5 Å². The van der Waals surface area contributed by atoms with Crippen LogP contribution in [0, 0.1) is 5.41 Å². The summed E-state index contributed by atoms with van der Waals surface area (Å²) in [7, 11) is 1.47. The van der Waals surface area contributed by atoms with Crippen molar-refractivity contribution in [3.8, 4) is 0 Å². The van der Waals surface area contributed by atoms with Crippen molar-refractivity contribution in [2.75, 3.05) is 13.7 Å². The van der Waals surface area contributed by atoms with Gasteiger partial charge in [0.05, 0.1) is 6.10 Å². The molecule has 2 atom stereocenters. The van der Waals surface area contributed by atoms with Crippen LogP contribution >= 0.6 is 0 Å². The Morgan fingerprint density at radius 2 is 2.09 bits per heavy atom. The maximum absolute atomic E-state index is 12.4. The third kappa shape index (κ3) is 2.71. The molecular formula is C15H23N3O5. The summed E-state index contributed by atoms with van der Waals surface area (Å²) < 4.78 is 5.56. The number of hydrazone groups is 1. The average molecular weight is 325 g/mol. The van der Waals surface area contributed by atoms with Crippen LogP contribution < -0.4 is 5.32 Å². The number of aliphatic carboxylic acids is 1. The maximum Gasteiger partial charge on any atom is 0.330 e. The van der Waals surface area contributed by atoms with Gasteiger partial charge >= 0.3 is 5.97 Å². The van der Waals surface area contributed by atoms with Gasteiger partial charge in [-0.2, -0.15) is 5.10 Å². The fourth-order valence-electron chi connectivity index (χ4n) is 3.14. The van der Waals surface area contributed by atoms with E-state index in [0.717, 1.165) is 5.01 Å². The predicted octanol–water partition coefficient (Wildman–Crippen LogP) is 0.369. The molecule has 2 unspecified atom stereocenters. The first-order valence-electron chi connectivity index (χ1n) is 7.67. The lowest BCUT2D eigenvalue weighted by Gasteiger charge is -2.58. The maximum atomic E-state index is 12.4. The summed E-state index contributed by atoms with van der Waals surface area (Å²) in [5, 5.41) is 17.3. The highest BCUT2D eigenvalue weighted by Crippen LogP contribution is 2.51. The number of carboxylic acids is 1. The van der Waals surface area contributed by atoms with E-state index in [4.69, 9.17) is 4.74 Å². The first-order valence-corrected chi connectivity index (χ1v) is 7.67. The summed E-state index contributed by atoms with van der Waals surface area (Å²) in [6.45, 7) is 5.86. The quantitative estimate of drug-likeness (QED) is 0.759. The Balaban J connectivity index is 2.19. The summed E-state index contributed by atoms with van der Waals surface area (Å²) in [4.78, 5) is 35.7. The van der Waals surface area contributed by atoms with Gasteiger partial charge in [-0.15, -0.1) is 0 Å². The van der Waals surface area contributed by atoms with Gasteiger partial charge in [-0.1, -0.05) is 13.8 Å². The number of amides is 2. The van der Waals surface area contributed by atoms with Gasteiger partial charge in [-0.25, -0.2) is 9.80 Å². The zero-order chi connectivity index (χ0) is 17.4. The van der Waals surface area contributed by atoms with E-state index in [0.29, 0.717) is 6.61 Å². The largest absolute Gasteiger partial charge is 0.479 e. The molecule has 2 amide bonds. The van der Waals surface area contributed by atoms with E-state index in [1.807, 2.05) is 6.92 Å². The molecule has 2 aliphatic rings. The molecule has 0 spiro atoms. The van der Waals surface area contributed by atoms with Crippen molar-refractivity contribution in [2.45, 2.75) is 51.7 Å². The molecule has 8 nitrogen and oxygen atoms in total. The Bertz CT molecular complexity index is 571. The summed E-state index contributed by atoms with van der Waals surface area (Å²) in [5.74, 6) is -1.81. The van der Waals surface area contributed by atoms with Crippen LogP contribution in [0.25, 0.3) is 0 Å². The number of rotatable bonds is 5. The minimum atomic E-state index is -1.40. The van der Waals surface area contributed by atoms with Crippen LogP contribution in [0.15, 0.2) is 5.10 Å². The number of carboxylic acid groups (broad SMARTS) is 1. The van der Waals surface area contributed by atoms with Crippen molar-refractivity contribution in [1.82, 2.24) is 10.3 Å². The lowest BCUT2D eigenvalue weighted by Crippen LogP contribution is -2.76. The van der Waals surface area contributed by atoms with Gasteiger partial charge in [0.2, 0.25) is 5.91 Å². The highest BCUT2D eigenvalue weighted by molar-refractivity contribution is 6.40. The molecule has 0 bridgehead atoms. The molecule has 2 rings (SSSR count). The molecule has 0 saturated heterocycles. The average Bonchev–Trinajstić information content (AvgIpc) is 2.48. The fourth-order valence-corrected chi connectivity index (χ4v) is 3.14. The highest BCUT2D eigenvalue weighted by atomic mass is 16.5. The molecule has 0 radical (unpaired) electrons. The zero-order valence-electron chi connectivity index (χ0n) is 13.9. The Kier molecular flexibility index (Phi) is 4.48. The molecule has 128 valence electrons. The second-order valence-electron chi connectivity index (χ2n) is 6.50. The van der Waals surface area contributed by atoms with E-state index in [9.17, 15) is 19.5 Å². The predicted molar refractivity (Wildman–Crippen MR) is 81.8 cm³/mol. The number of hydrogen-bond donors (Lipinski definition) is 2. The van der Waals surface area contributed by atoms with Crippen LogP contribution in [0.1, 0.15) is 40.0 Å². The minimum absolute atomic E-state index is 0.170. The number of carbonyl (C=O) groups excluding carboxylic acids is 2. The van der Waals surface area contributed by atoms with E-state index in [-0.39, 0.29) is 37.0 Å². The van der Waals surface area contributed by atoms with Gasteiger partial charge in [0.25, 0.3) is 5.91 Å². The number of carbonyl (C=O) groups is 3. The van der Waals surface area contributed by atoms with Gasteiger partial charge in [0.1, 0.15) is 11.3 Å². The van der Waals surface area contributed by atoms with Crippen molar-refractivity contribution in [3.05, 3.63) is 0 Å². The number of nitrogens with one attached hydrogen (secondary N) is 1. The van der Waals surface area contributed by atoms with Crippen molar-refractivity contribution in [3.63, 3.8) is 0 Å². The second kappa shape index (κ2) is 5.92. The summed E-state index contributed by atoms with van der Waals surface area (Å²) in [6, 6.07) is 0. The Labute approximate surface area is 134 Å². The molecule has 1 heterocycles. The summed E-state index contributed by atoms with van der Waals surface area (Å²) in [6.07, 6.45) is 0.367. The van der Waals surface area contributed by atoms with E-state index in [1.54, 1.807) is 13.8 Å². The van der Waals surface area contributed by atoms with Crippen molar-refractivity contribution < 1.29 is 24.2 Å². The van der Waals surface area contributed by atoms with Gasteiger partial charge < -0.3 is 15.2 Å².